The number of hydrogen-bond donors (Lipinski definition) is 1. The first kappa shape index (κ1) is 14.5. The van der Waals surface area contributed by atoms with Crippen molar-refractivity contribution in [1.82, 2.24) is 10.3 Å². The van der Waals surface area contributed by atoms with E-state index in [0.29, 0.717) is 0 Å². The molecule has 1 heterocycles. The number of benzene rings is 1. The van der Waals surface area contributed by atoms with E-state index in [1.165, 1.54) is 17.7 Å². The van der Waals surface area contributed by atoms with Crippen molar-refractivity contribution in [1.29, 1.82) is 0 Å². The van der Waals surface area contributed by atoms with Crippen LogP contribution in [0.2, 0.25) is 0 Å². The SMILES string of the molecule is CCCNCc1ccnc(N(C)c2cccc(F)c2)c1. The molecule has 2 rings (SSSR count). The molecular weight excluding hydrogens is 253 g/mol. The third kappa shape index (κ3) is 3.78. The summed E-state index contributed by atoms with van der Waals surface area (Å²) in [6, 6.07) is 10.5. The Morgan fingerprint density at radius 3 is 2.85 bits per heavy atom. The highest BCUT2D eigenvalue weighted by Gasteiger charge is 2.06. The van der Waals surface area contributed by atoms with Gasteiger partial charge in [-0.3, -0.25) is 0 Å². The minimum atomic E-state index is -0.241. The molecule has 4 heteroatoms. The van der Waals surface area contributed by atoms with Crippen LogP contribution in [0.3, 0.4) is 0 Å². The van der Waals surface area contributed by atoms with Crippen molar-refractivity contribution >= 4 is 11.5 Å². The van der Waals surface area contributed by atoms with Crippen LogP contribution in [0.25, 0.3) is 0 Å². The third-order valence-corrected chi connectivity index (χ3v) is 3.10. The lowest BCUT2D eigenvalue weighted by atomic mass is 10.2. The number of anilines is 2. The lowest BCUT2D eigenvalue weighted by Crippen LogP contribution is -2.15. The van der Waals surface area contributed by atoms with Crippen LogP contribution in [0.5, 0.6) is 0 Å². The van der Waals surface area contributed by atoms with E-state index in [2.05, 4.69) is 17.2 Å². The summed E-state index contributed by atoms with van der Waals surface area (Å²) in [7, 11) is 1.89. The second-order valence-electron chi connectivity index (χ2n) is 4.74. The van der Waals surface area contributed by atoms with Crippen molar-refractivity contribution in [3.63, 3.8) is 0 Å². The number of aromatic nitrogens is 1. The highest BCUT2D eigenvalue weighted by molar-refractivity contribution is 5.59. The molecule has 1 aromatic heterocycles. The minimum absolute atomic E-state index is 0.241. The molecule has 0 aliphatic rings. The first-order valence-electron chi connectivity index (χ1n) is 6.85. The number of halogens is 1. The summed E-state index contributed by atoms with van der Waals surface area (Å²) in [6.45, 7) is 3.96. The van der Waals surface area contributed by atoms with Crippen molar-refractivity contribution in [2.45, 2.75) is 19.9 Å². The van der Waals surface area contributed by atoms with Gasteiger partial charge >= 0.3 is 0 Å². The fraction of sp³-hybridized carbons (Fsp3) is 0.312. The van der Waals surface area contributed by atoms with Gasteiger partial charge in [0.15, 0.2) is 0 Å². The van der Waals surface area contributed by atoms with E-state index in [-0.39, 0.29) is 5.82 Å². The van der Waals surface area contributed by atoms with Crippen LogP contribution in [0.15, 0.2) is 42.6 Å². The van der Waals surface area contributed by atoms with Gasteiger partial charge in [-0.05, 0) is 48.9 Å². The van der Waals surface area contributed by atoms with Crippen LogP contribution < -0.4 is 10.2 Å². The minimum Gasteiger partial charge on any atom is -0.329 e. The van der Waals surface area contributed by atoms with Crippen LogP contribution in [-0.4, -0.2) is 18.6 Å². The van der Waals surface area contributed by atoms with E-state index in [9.17, 15) is 4.39 Å². The van der Waals surface area contributed by atoms with Gasteiger partial charge in [0.25, 0.3) is 0 Å². The van der Waals surface area contributed by atoms with E-state index < -0.39 is 0 Å². The van der Waals surface area contributed by atoms with Gasteiger partial charge in [0.05, 0.1) is 0 Å². The molecule has 0 amide bonds. The Labute approximate surface area is 119 Å². The fourth-order valence-electron chi connectivity index (χ4n) is 1.98. The van der Waals surface area contributed by atoms with Gasteiger partial charge in [-0.15, -0.1) is 0 Å². The fourth-order valence-corrected chi connectivity index (χ4v) is 1.98. The first-order chi connectivity index (χ1) is 9.70. The Morgan fingerprint density at radius 2 is 2.10 bits per heavy atom. The summed E-state index contributed by atoms with van der Waals surface area (Å²) in [6.07, 6.45) is 2.90. The van der Waals surface area contributed by atoms with Crippen LogP contribution in [-0.2, 0) is 6.54 Å². The van der Waals surface area contributed by atoms with Gasteiger partial charge in [0, 0.05) is 25.5 Å². The summed E-state index contributed by atoms with van der Waals surface area (Å²) < 4.78 is 13.3. The topological polar surface area (TPSA) is 28.2 Å². The Kier molecular flexibility index (Phi) is 5.07. The predicted molar refractivity (Wildman–Crippen MR) is 80.7 cm³/mol. The molecule has 0 radical (unpaired) electrons. The molecule has 2 aromatic rings. The molecule has 0 saturated carbocycles. The average molecular weight is 273 g/mol. The van der Waals surface area contributed by atoms with Gasteiger partial charge < -0.3 is 10.2 Å². The van der Waals surface area contributed by atoms with Crippen molar-refractivity contribution in [3.8, 4) is 0 Å². The summed E-state index contributed by atoms with van der Waals surface area (Å²) in [4.78, 5) is 6.23. The molecular formula is C16H20FN3. The van der Waals surface area contributed by atoms with E-state index in [1.807, 2.05) is 30.1 Å². The first-order valence-corrected chi connectivity index (χ1v) is 6.85. The second kappa shape index (κ2) is 7.01. The molecule has 0 aliphatic carbocycles. The zero-order valence-electron chi connectivity index (χ0n) is 11.9. The Hall–Kier alpha value is -1.94. The number of nitrogens with one attached hydrogen (secondary N) is 1. The van der Waals surface area contributed by atoms with Crippen molar-refractivity contribution < 1.29 is 4.39 Å². The monoisotopic (exact) mass is 273 g/mol. The van der Waals surface area contributed by atoms with Gasteiger partial charge in [0.1, 0.15) is 11.6 Å². The number of pyridine rings is 1. The molecule has 3 nitrogen and oxygen atoms in total. The van der Waals surface area contributed by atoms with Gasteiger partial charge in [-0.2, -0.15) is 0 Å². The van der Waals surface area contributed by atoms with Gasteiger partial charge in [0.2, 0.25) is 0 Å². The zero-order valence-corrected chi connectivity index (χ0v) is 11.9. The quantitative estimate of drug-likeness (QED) is 0.817. The molecule has 0 atom stereocenters. The maximum Gasteiger partial charge on any atom is 0.132 e. The summed E-state index contributed by atoms with van der Waals surface area (Å²) in [5, 5.41) is 3.36. The number of hydrogen-bond acceptors (Lipinski definition) is 3. The van der Waals surface area contributed by atoms with Gasteiger partial charge in [-0.1, -0.05) is 13.0 Å². The zero-order chi connectivity index (χ0) is 14.4. The predicted octanol–water partition coefficient (Wildman–Crippen LogP) is 3.49. The number of rotatable bonds is 6. The molecule has 0 spiro atoms. The van der Waals surface area contributed by atoms with Crippen molar-refractivity contribution in [2.24, 2.45) is 0 Å². The van der Waals surface area contributed by atoms with E-state index in [4.69, 9.17) is 0 Å². The molecule has 0 fully saturated rings. The number of nitrogens with zero attached hydrogens (tertiary/aromatic N) is 2. The lowest BCUT2D eigenvalue weighted by Gasteiger charge is -2.19. The van der Waals surface area contributed by atoms with Gasteiger partial charge in [-0.25, -0.2) is 9.37 Å². The Bertz CT molecular complexity index is 557. The maximum absolute atomic E-state index is 13.3. The summed E-state index contributed by atoms with van der Waals surface area (Å²) in [5.41, 5.74) is 1.96. The Balaban J connectivity index is 2.13. The molecule has 1 aromatic carbocycles. The molecule has 0 bridgehead atoms. The van der Waals surface area contributed by atoms with Crippen molar-refractivity contribution in [3.05, 3.63) is 54.0 Å². The normalized spacial score (nSPS) is 10.6. The lowest BCUT2D eigenvalue weighted by molar-refractivity contribution is 0.628. The summed E-state index contributed by atoms with van der Waals surface area (Å²) in [5.74, 6) is 0.571. The highest BCUT2D eigenvalue weighted by atomic mass is 19.1. The van der Waals surface area contributed by atoms with Crippen molar-refractivity contribution in [2.75, 3.05) is 18.5 Å². The highest BCUT2D eigenvalue weighted by Crippen LogP contribution is 2.22. The molecule has 1 N–H and O–H groups in total. The third-order valence-electron chi connectivity index (χ3n) is 3.10. The standard InChI is InChI=1S/C16H20FN3/c1-3-8-18-12-13-7-9-19-16(10-13)20(2)15-6-4-5-14(17)11-15/h4-7,9-11,18H,3,8,12H2,1-2H3. The smallest absolute Gasteiger partial charge is 0.132 e. The van der Waals surface area contributed by atoms with E-state index in [0.717, 1.165) is 31.0 Å². The summed E-state index contributed by atoms with van der Waals surface area (Å²) >= 11 is 0. The average Bonchev–Trinajstić information content (AvgIpc) is 2.47. The maximum atomic E-state index is 13.3. The molecule has 0 unspecified atom stereocenters. The van der Waals surface area contributed by atoms with Crippen LogP contribution in [0, 0.1) is 5.82 Å². The molecule has 0 aliphatic heterocycles. The second-order valence-corrected chi connectivity index (χ2v) is 4.74. The largest absolute Gasteiger partial charge is 0.329 e. The molecule has 20 heavy (non-hydrogen) atoms. The van der Waals surface area contributed by atoms with Crippen LogP contribution in [0.4, 0.5) is 15.9 Å². The molecule has 106 valence electrons. The van der Waals surface area contributed by atoms with E-state index >= 15 is 0 Å². The van der Waals surface area contributed by atoms with Crippen LogP contribution >= 0.6 is 0 Å². The van der Waals surface area contributed by atoms with Crippen LogP contribution in [0.1, 0.15) is 18.9 Å². The Morgan fingerprint density at radius 1 is 1.25 bits per heavy atom. The molecule has 0 saturated heterocycles. The van der Waals surface area contributed by atoms with E-state index in [1.54, 1.807) is 12.3 Å².